The molecule has 0 radical (unpaired) electrons. The van der Waals surface area contributed by atoms with Crippen molar-refractivity contribution >= 4 is 17.5 Å². The number of rotatable bonds is 4. The van der Waals surface area contributed by atoms with Gasteiger partial charge < -0.3 is 10.6 Å². The molecule has 0 aliphatic heterocycles. The molecule has 22 heavy (non-hydrogen) atoms. The molecule has 0 aromatic heterocycles. The average Bonchev–Trinajstić information content (AvgIpc) is 2.52. The van der Waals surface area contributed by atoms with Crippen LogP contribution in [-0.4, -0.2) is 18.4 Å². The molecule has 0 bridgehead atoms. The van der Waals surface area contributed by atoms with Gasteiger partial charge in [0.15, 0.2) is 0 Å². The molecule has 5 heteroatoms. The summed E-state index contributed by atoms with van der Waals surface area (Å²) >= 11 is 0. The van der Waals surface area contributed by atoms with E-state index in [-0.39, 0.29) is 5.69 Å². The van der Waals surface area contributed by atoms with Gasteiger partial charge in [0.25, 0.3) is 0 Å². The van der Waals surface area contributed by atoms with Crippen LogP contribution in [0.2, 0.25) is 0 Å². The van der Waals surface area contributed by atoms with E-state index in [1.54, 1.807) is 19.1 Å². The SMILES string of the molecule is Cc1ccc(NC(=O)C(=O)NCCC2CCCCC2)cc1F. The van der Waals surface area contributed by atoms with Crippen LogP contribution in [0, 0.1) is 18.7 Å². The van der Waals surface area contributed by atoms with Crippen molar-refractivity contribution < 1.29 is 14.0 Å². The van der Waals surface area contributed by atoms with Crippen molar-refractivity contribution in [3.05, 3.63) is 29.6 Å². The first-order valence-corrected chi connectivity index (χ1v) is 7.91. The highest BCUT2D eigenvalue weighted by molar-refractivity contribution is 6.39. The monoisotopic (exact) mass is 306 g/mol. The Morgan fingerprint density at radius 3 is 2.59 bits per heavy atom. The molecule has 2 N–H and O–H groups in total. The second-order valence-electron chi connectivity index (χ2n) is 5.97. The van der Waals surface area contributed by atoms with E-state index in [4.69, 9.17) is 0 Å². The van der Waals surface area contributed by atoms with Crippen LogP contribution in [0.1, 0.15) is 44.1 Å². The summed E-state index contributed by atoms with van der Waals surface area (Å²) < 4.78 is 13.4. The maximum Gasteiger partial charge on any atom is 0.313 e. The summed E-state index contributed by atoms with van der Waals surface area (Å²) in [5.74, 6) is -1.18. The summed E-state index contributed by atoms with van der Waals surface area (Å²) in [5.41, 5.74) is 0.783. The normalized spacial score (nSPS) is 15.4. The third-order valence-corrected chi connectivity index (χ3v) is 4.20. The zero-order chi connectivity index (χ0) is 15.9. The Balaban J connectivity index is 1.74. The summed E-state index contributed by atoms with van der Waals surface area (Å²) in [6.45, 7) is 2.15. The summed E-state index contributed by atoms with van der Waals surface area (Å²) in [6, 6.07) is 4.35. The fourth-order valence-corrected chi connectivity index (χ4v) is 2.80. The Labute approximate surface area is 130 Å². The number of halogens is 1. The fraction of sp³-hybridized carbons (Fsp3) is 0.529. The highest BCUT2D eigenvalue weighted by Crippen LogP contribution is 2.25. The molecule has 0 saturated heterocycles. The maximum atomic E-state index is 13.4. The van der Waals surface area contributed by atoms with Gasteiger partial charge in [-0.1, -0.05) is 38.2 Å². The van der Waals surface area contributed by atoms with Gasteiger partial charge >= 0.3 is 11.8 Å². The quantitative estimate of drug-likeness (QED) is 0.840. The van der Waals surface area contributed by atoms with Gasteiger partial charge in [0.2, 0.25) is 0 Å². The van der Waals surface area contributed by atoms with E-state index in [9.17, 15) is 14.0 Å². The summed E-state index contributed by atoms with van der Waals surface area (Å²) in [4.78, 5) is 23.5. The second-order valence-corrected chi connectivity index (χ2v) is 5.97. The number of aryl methyl sites for hydroxylation is 1. The molecule has 0 spiro atoms. The minimum Gasteiger partial charge on any atom is -0.348 e. The molecule has 0 atom stereocenters. The van der Waals surface area contributed by atoms with Crippen molar-refractivity contribution in [3.8, 4) is 0 Å². The molecule has 2 rings (SSSR count). The maximum absolute atomic E-state index is 13.4. The first-order chi connectivity index (χ1) is 10.6. The lowest BCUT2D eigenvalue weighted by Crippen LogP contribution is -2.36. The number of nitrogens with one attached hydrogen (secondary N) is 2. The van der Waals surface area contributed by atoms with Crippen molar-refractivity contribution in [1.29, 1.82) is 0 Å². The third-order valence-electron chi connectivity index (χ3n) is 4.20. The number of benzene rings is 1. The Kier molecular flexibility index (Phi) is 5.92. The first-order valence-electron chi connectivity index (χ1n) is 7.91. The molecule has 1 saturated carbocycles. The lowest BCUT2D eigenvalue weighted by molar-refractivity contribution is -0.136. The number of hydrogen-bond acceptors (Lipinski definition) is 2. The largest absolute Gasteiger partial charge is 0.348 e. The van der Waals surface area contributed by atoms with Crippen molar-refractivity contribution in [3.63, 3.8) is 0 Å². The van der Waals surface area contributed by atoms with Crippen molar-refractivity contribution in [2.24, 2.45) is 5.92 Å². The summed E-state index contributed by atoms with van der Waals surface area (Å²) in [7, 11) is 0. The molecule has 1 aliphatic rings. The number of carbonyl (C=O) groups is 2. The van der Waals surface area contributed by atoms with Crippen LogP contribution in [0.4, 0.5) is 10.1 Å². The molecule has 4 nitrogen and oxygen atoms in total. The van der Waals surface area contributed by atoms with E-state index >= 15 is 0 Å². The molecule has 1 fully saturated rings. The van der Waals surface area contributed by atoms with Gasteiger partial charge in [-0.15, -0.1) is 0 Å². The topological polar surface area (TPSA) is 58.2 Å². The van der Waals surface area contributed by atoms with E-state index in [0.29, 0.717) is 18.0 Å². The standard InChI is InChI=1S/C17H23FN2O2/c1-12-7-8-14(11-15(12)18)20-17(22)16(21)19-10-9-13-5-3-2-4-6-13/h7-8,11,13H,2-6,9-10H2,1H3,(H,19,21)(H,20,22). The van der Waals surface area contributed by atoms with Crippen LogP contribution in [0.3, 0.4) is 0 Å². The molecule has 0 unspecified atom stereocenters. The zero-order valence-electron chi connectivity index (χ0n) is 13.0. The van der Waals surface area contributed by atoms with E-state index < -0.39 is 17.6 Å². The van der Waals surface area contributed by atoms with Crippen molar-refractivity contribution in [1.82, 2.24) is 5.32 Å². The Morgan fingerprint density at radius 1 is 1.18 bits per heavy atom. The van der Waals surface area contributed by atoms with Crippen molar-refractivity contribution in [2.75, 3.05) is 11.9 Å². The van der Waals surface area contributed by atoms with Gasteiger partial charge in [-0.05, 0) is 37.0 Å². The molecule has 1 aromatic carbocycles. The van der Waals surface area contributed by atoms with Gasteiger partial charge in [0.05, 0.1) is 0 Å². The third kappa shape index (κ3) is 4.83. The molecule has 1 aliphatic carbocycles. The van der Waals surface area contributed by atoms with Crippen LogP contribution < -0.4 is 10.6 Å². The van der Waals surface area contributed by atoms with E-state index in [0.717, 1.165) is 6.42 Å². The highest BCUT2D eigenvalue weighted by Gasteiger charge is 2.16. The summed E-state index contributed by atoms with van der Waals surface area (Å²) in [6.07, 6.45) is 7.17. The lowest BCUT2D eigenvalue weighted by atomic mass is 9.87. The number of anilines is 1. The van der Waals surface area contributed by atoms with Gasteiger partial charge in [-0.3, -0.25) is 9.59 Å². The minimum atomic E-state index is -0.758. The minimum absolute atomic E-state index is 0.288. The Bertz CT molecular complexity index is 539. The number of hydrogen-bond donors (Lipinski definition) is 2. The van der Waals surface area contributed by atoms with Gasteiger partial charge in [-0.2, -0.15) is 0 Å². The Hall–Kier alpha value is -1.91. The lowest BCUT2D eigenvalue weighted by Gasteiger charge is -2.21. The molecule has 120 valence electrons. The van der Waals surface area contributed by atoms with E-state index in [1.165, 1.54) is 38.2 Å². The first kappa shape index (κ1) is 16.5. The Morgan fingerprint density at radius 2 is 1.91 bits per heavy atom. The van der Waals surface area contributed by atoms with Crippen LogP contribution in [0.25, 0.3) is 0 Å². The smallest absolute Gasteiger partial charge is 0.313 e. The van der Waals surface area contributed by atoms with Gasteiger partial charge in [-0.25, -0.2) is 4.39 Å². The van der Waals surface area contributed by atoms with Crippen LogP contribution in [0.15, 0.2) is 18.2 Å². The zero-order valence-corrected chi connectivity index (χ0v) is 13.0. The van der Waals surface area contributed by atoms with Crippen LogP contribution in [0.5, 0.6) is 0 Å². The van der Waals surface area contributed by atoms with Crippen molar-refractivity contribution in [2.45, 2.75) is 45.4 Å². The van der Waals surface area contributed by atoms with E-state index in [2.05, 4.69) is 10.6 Å². The van der Waals surface area contributed by atoms with Gasteiger partial charge in [0.1, 0.15) is 5.82 Å². The van der Waals surface area contributed by atoms with E-state index in [1.807, 2.05) is 0 Å². The summed E-state index contributed by atoms with van der Waals surface area (Å²) in [5, 5.41) is 5.04. The number of amides is 2. The average molecular weight is 306 g/mol. The van der Waals surface area contributed by atoms with Gasteiger partial charge in [0, 0.05) is 12.2 Å². The molecular weight excluding hydrogens is 283 g/mol. The predicted molar refractivity (Wildman–Crippen MR) is 84.0 cm³/mol. The fourth-order valence-electron chi connectivity index (χ4n) is 2.80. The van der Waals surface area contributed by atoms with Crippen LogP contribution in [-0.2, 0) is 9.59 Å². The molecule has 0 heterocycles. The predicted octanol–water partition coefficient (Wildman–Crippen LogP) is 3.16. The highest BCUT2D eigenvalue weighted by atomic mass is 19.1. The molecule has 2 amide bonds. The number of carbonyl (C=O) groups excluding carboxylic acids is 2. The van der Waals surface area contributed by atoms with Crippen LogP contribution >= 0.6 is 0 Å². The second kappa shape index (κ2) is 7.92. The molecular formula is C17H23FN2O2. The molecule has 1 aromatic rings.